The van der Waals surface area contributed by atoms with Crippen LogP contribution in [0.1, 0.15) is 39.0 Å². The lowest BCUT2D eigenvalue weighted by atomic mass is 9.86. The van der Waals surface area contributed by atoms with Crippen LogP contribution in [0.2, 0.25) is 0 Å². The molecule has 0 N–H and O–H groups in total. The van der Waals surface area contributed by atoms with Crippen molar-refractivity contribution in [2.24, 2.45) is 5.92 Å². The quantitative estimate of drug-likeness (QED) is 0.768. The predicted octanol–water partition coefficient (Wildman–Crippen LogP) is 3.51. The van der Waals surface area contributed by atoms with Crippen molar-refractivity contribution in [2.75, 3.05) is 0 Å². The molecule has 1 aliphatic carbocycles. The molecular weight excluding hydrogens is 284 g/mol. The van der Waals surface area contributed by atoms with Crippen LogP contribution >= 0.6 is 0 Å². The molecule has 0 aromatic heterocycles. The van der Waals surface area contributed by atoms with Gasteiger partial charge in [0.1, 0.15) is 0 Å². The van der Waals surface area contributed by atoms with Gasteiger partial charge in [0.25, 0.3) is 0 Å². The molecule has 1 aliphatic rings. The molecule has 0 bridgehead atoms. The van der Waals surface area contributed by atoms with E-state index in [-0.39, 0.29) is 0 Å². The van der Waals surface area contributed by atoms with E-state index in [0.717, 1.165) is 5.92 Å². The maximum absolute atomic E-state index is 6.70. The third-order valence-corrected chi connectivity index (χ3v) is 7.55. The average molecular weight is 311 g/mol. The van der Waals surface area contributed by atoms with Crippen LogP contribution in [0, 0.1) is 5.92 Å². The van der Waals surface area contributed by atoms with Crippen LogP contribution in [-0.4, -0.2) is 15.1 Å². The molecule has 1 saturated carbocycles. The van der Waals surface area contributed by atoms with E-state index in [2.05, 4.69) is 67.6 Å². The molecule has 1 fully saturated rings. The van der Waals surface area contributed by atoms with E-state index in [4.69, 9.17) is 4.43 Å². The van der Waals surface area contributed by atoms with Crippen molar-refractivity contribution in [1.82, 2.24) is 0 Å². The van der Waals surface area contributed by atoms with Gasteiger partial charge in [-0.1, -0.05) is 79.9 Å². The Labute approximate surface area is 136 Å². The highest BCUT2D eigenvalue weighted by molar-refractivity contribution is 6.80. The van der Waals surface area contributed by atoms with E-state index >= 15 is 0 Å². The van der Waals surface area contributed by atoms with Gasteiger partial charge in [-0.05, 0) is 36.1 Å². The standard InChI is InChI=1S/C20H26OSi/c1-17(18-11-5-2-6-12-18)21-22(19-13-7-3-8-14-19)20-15-9-4-10-16-20/h3-4,7-10,13-18,22H,2,5-6,11-12H2,1H3. The molecule has 2 aromatic rings. The van der Waals surface area contributed by atoms with Gasteiger partial charge in [-0.3, -0.25) is 0 Å². The first-order chi connectivity index (χ1) is 10.8. The Hall–Kier alpha value is -1.38. The molecule has 1 nitrogen and oxygen atoms in total. The molecular formula is C20H26OSi. The Morgan fingerprint density at radius 1 is 0.818 bits per heavy atom. The lowest BCUT2D eigenvalue weighted by molar-refractivity contribution is 0.127. The van der Waals surface area contributed by atoms with Crippen LogP contribution in [0.25, 0.3) is 0 Å². The van der Waals surface area contributed by atoms with Gasteiger partial charge in [0.2, 0.25) is 9.04 Å². The van der Waals surface area contributed by atoms with Crippen molar-refractivity contribution in [1.29, 1.82) is 0 Å². The summed E-state index contributed by atoms with van der Waals surface area (Å²) in [4.78, 5) is 0. The summed E-state index contributed by atoms with van der Waals surface area (Å²) >= 11 is 0. The number of rotatable bonds is 5. The van der Waals surface area contributed by atoms with Crippen LogP contribution < -0.4 is 10.4 Å². The summed E-state index contributed by atoms with van der Waals surface area (Å²) in [7, 11) is -1.58. The summed E-state index contributed by atoms with van der Waals surface area (Å²) in [5.41, 5.74) is 0. The summed E-state index contributed by atoms with van der Waals surface area (Å²) < 4.78 is 6.70. The van der Waals surface area contributed by atoms with Gasteiger partial charge in [-0.15, -0.1) is 0 Å². The summed E-state index contributed by atoms with van der Waals surface area (Å²) in [5, 5.41) is 2.77. The van der Waals surface area contributed by atoms with Crippen molar-refractivity contribution in [3.63, 3.8) is 0 Å². The highest BCUT2D eigenvalue weighted by Crippen LogP contribution is 2.28. The molecule has 2 heteroatoms. The number of hydrogen-bond donors (Lipinski definition) is 0. The molecule has 116 valence electrons. The van der Waals surface area contributed by atoms with Gasteiger partial charge in [0.05, 0.1) is 0 Å². The van der Waals surface area contributed by atoms with Crippen LogP contribution in [-0.2, 0) is 4.43 Å². The average Bonchev–Trinajstić information content (AvgIpc) is 2.62. The third kappa shape index (κ3) is 3.87. The summed E-state index contributed by atoms with van der Waals surface area (Å²) in [6, 6.07) is 21.6. The maximum atomic E-state index is 6.70. The van der Waals surface area contributed by atoms with Gasteiger partial charge in [-0.25, -0.2) is 0 Å². The zero-order valence-electron chi connectivity index (χ0n) is 13.4. The molecule has 1 unspecified atom stereocenters. The summed E-state index contributed by atoms with van der Waals surface area (Å²) in [6.45, 7) is 2.29. The lowest BCUT2D eigenvalue weighted by Gasteiger charge is -2.31. The number of hydrogen-bond acceptors (Lipinski definition) is 1. The maximum Gasteiger partial charge on any atom is 0.240 e. The fraction of sp³-hybridized carbons (Fsp3) is 0.400. The molecule has 0 radical (unpaired) electrons. The molecule has 22 heavy (non-hydrogen) atoms. The fourth-order valence-corrected chi connectivity index (χ4v) is 6.03. The fourth-order valence-electron chi connectivity index (χ4n) is 3.53. The van der Waals surface area contributed by atoms with Crippen molar-refractivity contribution in [2.45, 2.75) is 45.1 Å². The van der Waals surface area contributed by atoms with Crippen molar-refractivity contribution in [3.05, 3.63) is 60.7 Å². The molecule has 0 spiro atoms. The third-order valence-electron chi connectivity index (χ3n) is 4.87. The van der Waals surface area contributed by atoms with E-state index in [1.165, 1.54) is 42.5 Å². The molecule has 3 rings (SSSR count). The zero-order valence-corrected chi connectivity index (χ0v) is 14.6. The molecule has 0 aliphatic heterocycles. The smallest absolute Gasteiger partial charge is 0.240 e. The SMILES string of the molecule is CC(O[SiH](c1ccccc1)c1ccccc1)C1CCCCC1. The first kappa shape index (κ1) is 15.5. The first-order valence-corrected chi connectivity index (χ1v) is 10.2. The Balaban J connectivity index is 1.79. The van der Waals surface area contributed by atoms with Crippen LogP contribution in [0.15, 0.2) is 60.7 Å². The number of benzene rings is 2. The van der Waals surface area contributed by atoms with Gasteiger partial charge in [0, 0.05) is 6.10 Å². The minimum atomic E-state index is -1.58. The van der Waals surface area contributed by atoms with Gasteiger partial charge < -0.3 is 4.43 Å². The normalized spacial score (nSPS) is 17.5. The predicted molar refractivity (Wildman–Crippen MR) is 96.4 cm³/mol. The van der Waals surface area contributed by atoms with Crippen molar-refractivity contribution >= 4 is 19.4 Å². The largest absolute Gasteiger partial charge is 0.408 e. The van der Waals surface area contributed by atoms with Crippen molar-refractivity contribution in [3.8, 4) is 0 Å². The van der Waals surface area contributed by atoms with Gasteiger partial charge >= 0.3 is 0 Å². The van der Waals surface area contributed by atoms with Crippen LogP contribution in [0.4, 0.5) is 0 Å². The first-order valence-electron chi connectivity index (χ1n) is 8.60. The van der Waals surface area contributed by atoms with Crippen LogP contribution in [0.3, 0.4) is 0 Å². The molecule has 2 aromatic carbocycles. The second-order valence-electron chi connectivity index (χ2n) is 6.44. The Morgan fingerprint density at radius 2 is 1.32 bits per heavy atom. The second-order valence-corrected chi connectivity index (χ2v) is 8.81. The highest BCUT2D eigenvalue weighted by atomic mass is 28.3. The monoisotopic (exact) mass is 310 g/mol. The van der Waals surface area contributed by atoms with E-state index in [1.807, 2.05) is 0 Å². The van der Waals surface area contributed by atoms with E-state index in [9.17, 15) is 0 Å². The Kier molecular flexibility index (Phi) is 5.46. The molecule has 0 heterocycles. The Bertz CT molecular complexity index is 509. The highest BCUT2D eigenvalue weighted by Gasteiger charge is 2.26. The molecule has 0 amide bonds. The van der Waals surface area contributed by atoms with Gasteiger partial charge in [0.15, 0.2) is 0 Å². The van der Waals surface area contributed by atoms with E-state index < -0.39 is 9.04 Å². The Morgan fingerprint density at radius 3 is 1.82 bits per heavy atom. The van der Waals surface area contributed by atoms with E-state index in [0.29, 0.717) is 6.10 Å². The minimum Gasteiger partial charge on any atom is -0.408 e. The van der Waals surface area contributed by atoms with Gasteiger partial charge in [-0.2, -0.15) is 0 Å². The minimum absolute atomic E-state index is 0.373. The summed E-state index contributed by atoms with van der Waals surface area (Å²) in [5.74, 6) is 0.746. The lowest BCUT2D eigenvalue weighted by Crippen LogP contribution is -2.48. The summed E-state index contributed by atoms with van der Waals surface area (Å²) in [6.07, 6.45) is 7.21. The van der Waals surface area contributed by atoms with Crippen molar-refractivity contribution < 1.29 is 4.43 Å². The van der Waals surface area contributed by atoms with Crippen LogP contribution in [0.5, 0.6) is 0 Å². The zero-order chi connectivity index (χ0) is 15.2. The second kappa shape index (κ2) is 7.75. The van der Waals surface area contributed by atoms with E-state index in [1.54, 1.807) is 0 Å². The molecule has 0 saturated heterocycles. The molecule has 1 atom stereocenters. The topological polar surface area (TPSA) is 9.23 Å².